The van der Waals surface area contributed by atoms with Crippen molar-refractivity contribution >= 4 is 19.2 Å². The van der Waals surface area contributed by atoms with Crippen molar-refractivity contribution < 1.29 is 9.53 Å². The Morgan fingerprint density at radius 3 is 2.47 bits per heavy atom. The molecule has 2 nitrogen and oxygen atoms in total. The molecule has 0 N–H and O–H groups in total. The highest BCUT2D eigenvalue weighted by Crippen LogP contribution is 2.31. The summed E-state index contributed by atoms with van der Waals surface area (Å²) in [6.07, 6.45) is 0.896. The normalized spacial score (nSPS) is 21.5. The number of carbonyl (C=O) groups excluding carboxylic acids is 1. The average Bonchev–Trinajstić information content (AvgIpc) is 2.66. The summed E-state index contributed by atoms with van der Waals surface area (Å²) < 4.78 is 5.07. The van der Waals surface area contributed by atoms with Gasteiger partial charge >= 0.3 is 5.97 Å². The van der Waals surface area contributed by atoms with Crippen LogP contribution in [-0.4, -0.2) is 20.7 Å². The second-order valence-electron chi connectivity index (χ2n) is 4.60. The highest BCUT2D eigenvalue weighted by atomic mass is 28.3. The van der Waals surface area contributed by atoms with Gasteiger partial charge in [0, 0.05) is 0 Å². The molecule has 1 saturated heterocycles. The number of cyclic esters (lactones) is 1. The topological polar surface area (TPSA) is 26.3 Å². The standard InChI is InChI=1S/C12H16O2Si/c1-15(2,10-6-4-3-5-7-10)11-8-9-14-12(11)13/h3-7,11H,8-9H2,1-2H3. The van der Waals surface area contributed by atoms with Gasteiger partial charge < -0.3 is 4.74 Å². The molecule has 1 aromatic carbocycles. The maximum atomic E-state index is 11.6. The van der Waals surface area contributed by atoms with E-state index in [0.717, 1.165) is 6.42 Å². The number of benzene rings is 1. The zero-order valence-corrected chi connectivity index (χ0v) is 10.2. The Morgan fingerprint density at radius 2 is 1.93 bits per heavy atom. The van der Waals surface area contributed by atoms with Gasteiger partial charge in [0.15, 0.2) is 0 Å². The molecule has 2 rings (SSSR count). The number of hydrogen-bond acceptors (Lipinski definition) is 2. The minimum Gasteiger partial charge on any atom is -0.466 e. The second kappa shape index (κ2) is 3.81. The number of hydrogen-bond donors (Lipinski definition) is 0. The zero-order chi connectivity index (χ0) is 10.9. The highest BCUT2D eigenvalue weighted by molar-refractivity contribution is 6.93. The molecule has 0 amide bonds. The molecule has 1 aliphatic rings. The third-order valence-corrected chi connectivity index (χ3v) is 7.41. The quantitative estimate of drug-likeness (QED) is 0.562. The number of esters is 1. The fourth-order valence-corrected chi connectivity index (χ4v) is 5.19. The first-order valence-corrected chi connectivity index (χ1v) is 8.42. The predicted octanol–water partition coefficient (Wildman–Crippen LogP) is 1.92. The van der Waals surface area contributed by atoms with Crippen LogP contribution in [-0.2, 0) is 9.53 Å². The van der Waals surface area contributed by atoms with Crippen LogP contribution in [0.4, 0.5) is 0 Å². The van der Waals surface area contributed by atoms with E-state index in [0.29, 0.717) is 6.61 Å². The molecule has 1 atom stereocenters. The van der Waals surface area contributed by atoms with Crippen LogP contribution in [0.1, 0.15) is 6.42 Å². The average molecular weight is 220 g/mol. The lowest BCUT2D eigenvalue weighted by Crippen LogP contribution is -2.47. The van der Waals surface area contributed by atoms with E-state index in [-0.39, 0.29) is 11.5 Å². The molecule has 0 saturated carbocycles. The Hall–Kier alpha value is -1.09. The SMILES string of the molecule is C[Si](C)(c1ccccc1)C1CCOC1=O. The van der Waals surface area contributed by atoms with E-state index < -0.39 is 8.07 Å². The molecular formula is C12H16O2Si. The highest BCUT2D eigenvalue weighted by Gasteiger charge is 2.42. The summed E-state index contributed by atoms with van der Waals surface area (Å²) in [5, 5.41) is 1.34. The lowest BCUT2D eigenvalue weighted by molar-refractivity contribution is -0.138. The van der Waals surface area contributed by atoms with Crippen LogP contribution in [0, 0.1) is 0 Å². The smallest absolute Gasteiger partial charge is 0.306 e. The van der Waals surface area contributed by atoms with Gasteiger partial charge in [-0.2, -0.15) is 0 Å². The van der Waals surface area contributed by atoms with Crippen molar-refractivity contribution in [3.63, 3.8) is 0 Å². The Morgan fingerprint density at radius 1 is 1.27 bits per heavy atom. The van der Waals surface area contributed by atoms with Crippen molar-refractivity contribution in [3.8, 4) is 0 Å². The van der Waals surface area contributed by atoms with Gasteiger partial charge in [-0.25, -0.2) is 0 Å². The van der Waals surface area contributed by atoms with Gasteiger partial charge in [0.2, 0.25) is 0 Å². The first kappa shape index (κ1) is 10.4. The maximum absolute atomic E-state index is 11.6. The van der Waals surface area contributed by atoms with E-state index in [2.05, 4.69) is 25.2 Å². The van der Waals surface area contributed by atoms with Crippen molar-refractivity contribution in [2.45, 2.75) is 25.1 Å². The lowest BCUT2D eigenvalue weighted by Gasteiger charge is -2.26. The van der Waals surface area contributed by atoms with E-state index in [1.165, 1.54) is 5.19 Å². The van der Waals surface area contributed by atoms with E-state index >= 15 is 0 Å². The molecule has 3 heteroatoms. The molecule has 1 fully saturated rings. The van der Waals surface area contributed by atoms with E-state index in [1.807, 2.05) is 18.2 Å². The Balaban J connectivity index is 2.30. The van der Waals surface area contributed by atoms with Gasteiger partial charge in [0.05, 0.1) is 20.2 Å². The minimum atomic E-state index is -1.68. The van der Waals surface area contributed by atoms with Crippen LogP contribution >= 0.6 is 0 Å². The van der Waals surface area contributed by atoms with Crippen LogP contribution in [0.3, 0.4) is 0 Å². The van der Waals surface area contributed by atoms with Crippen molar-refractivity contribution in [3.05, 3.63) is 30.3 Å². The monoisotopic (exact) mass is 220 g/mol. The summed E-state index contributed by atoms with van der Waals surface area (Å²) in [4.78, 5) is 11.6. The molecule has 0 bridgehead atoms. The fraction of sp³-hybridized carbons (Fsp3) is 0.417. The predicted molar refractivity (Wildman–Crippen MR) is 62.9 cm³/mol. The maximum Gasteiger partial charge on any atom is 0.306 e. The van der Waals surface area contributed by atoms with Gasteiger partial charge in [-0.1, -0.05) is 48.6 Å². The van der Waals surface area contributed by atoms with Gasteiger partial charge in [-0.3, -0.25) is 4.79 Å². The fourth-order valence-electron chi connectivity index (χ4n) is 2.22. The molecular weight excluding hydrogens is 204 g/mol. The van der Waals surface area contributed by atoms with Crippen LogP contribution in [0.5, 0.6) is 0 Å². The first-order valence-electron chi connectivity index (χ1n) is 5.34. The molecule has 0 aliphatic carbocycles. The number of ether oxygens (including phenoxy) is 1. The van der Waals surface area contributed by atoms with Crippen LogP contribution in [0.2, 0.25) is 18.6 Å². The van der Waals surface area contributed by atoms with Gasteiger partial charge in [-0.15, -0.1) is 0 Å². The summed E-state index contributed by atoms with van der Waals surface area (Å²) in [6, 6.07) is 10.4. The summed E-state index contributed by atoms with van der Waals surface area (Å²) in [5.74, 6) is 0.00974. The van der Waals surface area contributed by atoms with Crippen LogP contribution in [0.15, 0.2) is 30.3 Å². The zero-order valence-electron chi connectivity index (χ0n) is 9.19. The van der Waals surface area contributed by atoms with E-state index in [1.54, 1.807) is 0 Å². The molecule has 0 spiro atoms. The van der Waals surface area contributed by atoms with E-state index in [9.17, 15) is 4.79 Å². The first-order chi connectivity index (χ1) is 7.12. The van der Waals surface area contributed by atoms with Crippen molar-refractivity contribution in [2.75, 3.05) is 6.61 Å². The van der Waals surface area contributed by atoms with Crippen molar-refractivity contribution in [1.82, 2.24) is 0 Å². The van der Waals surface area contributed by atoms with E-state index in [4.69, 9.17) is 4.74 Å². The third kappa shape index (κ3) is 1.84. The van der Waals surface area contributed by atoms with Crippen LogP contribution in [0.25, 0.3) is 0 Å². The Kier molecular flexibility index (Phi) is 2.65. The van der Waals surface area contributed by atoms with Crippen molar-refractivity contribution in [2.24, 2.45) is 0 Å². The summed E-state index contributed by atoms with van der Waals surface area (Å²) in [6.45, 7) is 5.10. The Labute approximate surface area is 91.3 Å². The third-order valence-electron chi connectivity index (χ3n) is 3.32. The molecule has 1 aliphatic heterocycles. The largest absolute Gasteiger partial charge is 0.466 e. The van der Waals surface area contributed by atoms with Gasteiger partial charge in [0.1, 0.15) is 0 Å². The molecule has 15 heavy (non-hydrogen) atoms. The van der Waals surface area contributed by atoms with Gasteiger partial charge in [0.25, 0.3) is 0 Å². The molecule has 1 aromatic rings. The molecule has 0 radical (unpaired) electrons. The van der Waals surface area contributed by atoms with Crippen LogP contribution < -0.4 is 5.19 Å². The summed E-state index contributed by atoms with van der Waals surface area (Å²) in [5.41, 5.74) is 0.139. The molecule has 0 aromatic heterocycles. The summed E-state index contributed by atoms with van der Waals surface area (Å²) in [7, 11) is -1.68. The lowest BCUT2D eigenvalue weighted by atomic mass is 10.3. The molecule has 80 valence electrons. The number of rotatable bonds is 2. The number of carbonyl (C=O) groups is 1. The minimum absolute atomic E-state index is 0.00974. The Bertz CT molecular complexity index is 359. The van der Waals surface area contributed by atoms with Crippen molar-refractivity contribution in [1.29, 1.82) is 0 Å². The summed E-state index contributed by atoms with van der Waals surface area (Å²) >= 11 is 0. The molecule has 1 unspecified atom stereocenters. The molecule has 1 heterocycles. The van der Waals surface area contributed by atoms with Gasteiger partial charge in [-0.05, 0) is 6.42 Å². The second-order valence-corrected chi connectivity index (χ2v) is 9.31.